The zero-order chi connectivity index (χ0) is 23.3. The molecule has 170 valence electrons. The second-order valence-corrected chi connectivity index (χ2v) is 9.66. The van der Waals surface area contributed by atoms with Gasteiger partial charge in [-0.25, -0.2) is 0 Å². The molecule has 0 heterocycles. The molecule has 32 heavy (non-hydrogen) atoms. The number of carbonyl (C=O) groups excluding carboxylic acids is 3. The number of ether oxygens (including phenoxy) is 3. The first-order chi connectivity index (χ1) is 15.1. The summed E-state index contributed by atoms with van der Waals surface area (Å²) < 4.78 is 17.0. The fourth-order valence-corrected chi connectivity index (χ4v) is 6.83. The summed E-state index contributed by atoms with van der Waals surface area (Å²) in [5.41, 5.74) is 0.777. The van der Waals surface area contributed by atoms with Gasteiger partial charge in [-0.1, -0.05) is 18.9 Å². The number of aryl methyl sites for hydroxylation is 1. The molecule has 0 radical (unpaired) electrons. The van der Waals surface area contributed by atoms with E-state index in [-0.39, 0.29) is 41.8 Å². The summed E-state index contributed by atoms with van der Waals surface area (Å²) in [4.78, 5) is 35.4. The van der Waals surface area contributed by atoms with Gasteiger partial charge in [0.05, 0.1) is 0 Å². The molecule has 2 fully saturated rings. The quantitative estimate of drug-likeness (QED) is 0.404. The van der Waals surface area contributed by atoms with Gasteiger partial charge in [-0.15, -0.1) is 6.42 Å². The predicted octanol–water partition coefficient (Wildman–Crippen LogP) is 3.94. The Hall–Kier alpha value is -2.81. The maximum atomic E-state index is 12.1. The van der Waals surface area contributed by atoms with Crippen molar-refractivity contribution in [3.05, 3.63) is 29.3 Å². The van der Waals surface area contributed by atoms with Crippen molar-refractivity contribution in [2.24, 2.45) is 17.3 Å². The third-order valence-corrected chi connectivity index (χ3v) is 7.90. The van der Waals surface area contributed by atoms with Gasteiger partial charge in [0.2, 0.25) is 0 Å². The van der Waals surface area contributed by atoms with Crippen molar-refractivity contribution >= 4 is 17.9 Å². The van der Waals surface area contributed by atoms with Gasteiger partial charge in [0.15, 0.2) is 5.60 Å². The standard InChI is InChI=1S/C26H30O6/c1-6-26(32-17(4)29)12-11-22-21-9-7-18-13-19(30-15(2)27)8-10-20(18)24(21)23(31-16(3)28)14-25(22,26)5/h1,8,10,13,21-24H,7,9,11-12,14H2,2-5H3/t21-,22+,23+,24-,25-,26-/m0/s1. The first-order valence-electron chi connectivity index (χ1n) is 11.3. The lowest BCUT2D eigenvalue weighted by Crippen LogP contribution is -2.56. The SMILES string of the molecule is C#C[C@]1(OC(C)=O)CC[C@@H]2[C@@H]3CCc4cc(OC(C)=O)ccc4[C@@H]3[C@H](OC(C)=O)C[C@@]21C. The van der Waals surface area contributed by atoms with E-state index >= 15 is 0 Å². The van der Waals surface area contributed by atoms with E-state index in [1.54, 1.807) is 6.07 Å². The molecule has 3 aliphatic rings. The zero-order valence-electron chi connectivity index (χ0n) is 19.1. The van der Waals surface area contributed by atoms with Crippen LogP contribution in [0.4, 0.5) is 0 Å². The summed E-state index contributed by atoms with van der Waals surface area (Å²) in [6, 6.07) is 5.73. The summed E-state index contributed by atoms with van der Waals surface area (Å²) in [7, 11) is 0. The molecule has 6 heteroatoms. The Bertz CT molecular complexity index is 1010. The minimum Gasteiger partial charge on any atom is -0.462 e. The molecular formula is C26H30O6. The first kappa shape index (κ1) is 22.4. The molecule has 1 aromatic carbocycles. The summed E-state index contributed by atoms with van der Waals surface area (Å²) >= 11 is 0. The molecule has 0 saturated heterocycles. The van der Waals surface area contributed by atoms with Crippen LogP contribution in [-0.4, -0.2) is 29.6 Å². The van der Waals surface area contributed by atoms with E-state index in [0.29, 0.717) is 18.6 Å². The highest BCUT2D eigenvalue weighted by Crippen LogP contribution is 2.65. The van der Waals surface area contributed by atoms with Crippen LogP contribution < -0.4 is 4.74 Å². The van der Waals surface area contributed by atoms with E-state index in [0.717, 1.165) is 30.4 Å². The van der Waals surface area contributed by atoms with Crippen LogP contribution in [0.15, 0.2) is 18.2 Å². The highest BCUT2D eigenvalue weighted by molar-refractivity contribution is 5.69. The van der Waals surface area contributed by atoms with Gasteiger partial charge >= 0.3 is 17.9 Å². The fourth-order valence-electron chi connectivity index (χ4n) is 6.83. The second-order valence-electron chi connectivity index (χ2n) is 9.66. The summed E-state index contributed by atoms with van der Waals surface area (Å²) in [6.07, 6.45) is 9.34. The third kappa shape index (κ3) is 3.48. The van der Waals surface area contributed by atoms with Crippen LogP contribution in [-0.2, 0) is 30.3 Å². The van der Waals surface area contributed by atoms with Gasteiger partial charge in [-0.05, 0) is 67.2 Å². The molecule has 3 aliphatic carbocycles. The molecule has 4 rings (SSSR count). The van der Waals surface area contributed by atoms with Crippen molar-refractivity contribution in [3.8, 4) is 18.1 Å². The van der Waals surface area contributed by atoms with E-state index in [2.05, 4.69) is 12.8 Å². The van der Waals surface area contributed by atoms with Crippen LogP contribution in [0.2, 0.25) is 0 Å². The van der Waals surface area contributed by atoms with Crippen LogP contribution in [0.3, 0.4) is 0 Å². The average molecular weight is 439 g/mol. The minimum atomic E-state index is -0.994. The van der Waals surface area contributed by atoms with Crippen molar-refractivity contribution in [1.82, 2.24) is 0 Å². The molecule has 6 nitrogen and oxygen atoms in total. The van der Waals surface area contributed by atoms with Gasteiger partial charge in [0, 0.05) is 32.1 Å². The largest absolute Gasteiger partial charge is 0.462 e. The van der Waals surface area contributed by atoms with E-state index < -0.39 is 11.0 Å². The Morgan fingerprint density at radius 2 is 1.84 bits per heavy atom. The van der Waals surface area contributed by atoms with E-state index in [4.69, 9.17) is 20.6 Å². The molecular weight excluding hydrogens is 408 g/mol. The van der Waals surface area contributed by atoms with Gasteiger partial charge < -0.3 is 14.2 Å². The highest BCUT2D eigenvalue weighted by Gasteiger charge is 2.66. The Morgan fingerprint density at radius 1 is 1.09 bits per heavy atom. The number of terminal acetylenes is 1. The van der Waals surface area contributed by atoms with Crippen molar-refractivity contribution in [1.29, 1.82) is 0 Å². The van der Waals surface area contributed by atoms with Crippen molar-refractivity contribution < 1.29 is 28.6 Å². The lowest BCUT2D eigenvalue weighted by Gasteiger charge is -2.55. The molecule has 0 unspecified atom stereocenters. The normalized spacial score (nSPS) is 34.8. The molecule has 0 aliphatic heterocycles. The molecule has 0 aromatic heterocycles. The molecule has 0 bridgehead atoms. The van der Waals surface area contributed by atoms with Crippen LogP contribution in [0.25, 0.3) is 0 Å². The number of esters is 3. The topological polar surface area (TPSA) is 78.9 Å². The molecule has 6 atom stereocenters. The number of hydrogen-bond acceptors (Lipinski definition) is 6. The van der Waals surface area contributed by atoms with E-state index in [1.165, 1.54) is 20.8 Å². The fraction of sp³-hybridized carbons (Fsp3) is 0.577. The zero-order valence-corrected chi connectivity index (χ0v) is 19.1. The van der Waals surface area contributed by atoms with Gasteiger partial charge in [-0.3, -0.25) is 14.4 Å². The average Bonchev–Trinajstić information content (AvgIpc) is 2.98. The number of hydrogen-bond donors (Lipinski definition) is 0. The maximum Gasteiger partial charge on any atom is 0.308 e. The van der Waals surface area contributed by atoms with Crippen molar-refractivity contribution in [2.45, 2.75) is 77.4 Å². The number of rotatable bonds is 3. The van der Waals surface area contributed by atoms with Crippen LogP contribution in [0, 0.1) is 29.6 Å². The van der Waals surface area contributed by atoms with Gasteiger partial charge in [0.1, 0.15) is 11.9 Å². The molecule has 1 aromatic rings. The van der Waals surface area contributed by atoms with Crippen LogP contribution in [0.1, 0.15) is 70.4 Å². The second kappa shape index (κ2) is 7.95. The van der Waals surface area contributed by atoms with Crippen LogP contribution >= 0.6 is 0 Å². The molecule has 0 amide bonds. The van der Waals surface area contributed by atoms with Crippen molar-refractivity contribution in [2.75, 3.05) is 0 Å². The molecule has 2 saturated carbocycles. The molecule has 0 spiro atoms. The Labute approximate surface area is 189 Å². The monoisotopic (exact) mass is 438 g/mol. The number of benzene rings is 1. The lowest BCUT2D eigenvalue weighted by molar-refractivity contribution is -0.179. The predicted molar refractivity (Wildman–Crippen MR) is 117 cm³/mol. The smallest absolute Gasteiger partial charge is 0.308 e. The van der Waals surface area contributed by atoms with Gasteiger partial charge in [-0.2, -0.15) is 0 Å². The Morgan fingerprint density at radius 3 is 2.47 bits per heavy atom. The summed E-state index contributed by atoms with van der Waals surface area (Å²) in [5.74, 6) is 2.80. The number of carbonyl (C=O) groups is 3. The Kier molecular flexibility index (Phi) is 5.56. The third-order valence-electron chi connectivity index (χ3n) is 7.90. The highest BCUT2D eigenvalue weighted by atomic mass is 16.6. The molecule has 0 N–H and O–H groups in total. The van der Waals surface area contributed by atoms with E-state index in [9.17, 15) is 14.4 Å². The first-order valence-corrected chi connectivity index (χ1v) is 11.3. The lowest BCUT2D eigenvalue weighted by atomic mass is 9.52. The maximum absolute atomic E-state index is 12.1. The van der Waals surface area contributed by atoms with Crippen LogP contribution in [0.5, 0.6) is 5.75 Å². The van der Waals surface area contributed by atoms with Gasteiger partial charge in [0.25, 0.3) is 0 Å². The number of fused-ring (bicyclic) bond motifs is 5. The van der Waals surface area contributed by atoms with Crippen molar-refractivity contribution in [3.63, 3.8) is 0 Å². The minimum absolute atomic E-state index is 0.0259. The summed E-state index contributed by atoms with van der Waals surface area (Å²) in [5, 5.41) is 0. The summed E-state index contributed by atoms with van der Waals surface area (Å²) in [6.45, 7) is 6.29. The Balaban J connectivity index is 1.76. The van der Waals surface area contributed by atoms with E-state index in [1.807, 2.05) is 12.1 Å².